The first kappa shape index (κ1) is 20.1. The van der Waals surface area contributed by atoms with Gasteiger partial charge in [-0.2, -0.15) is 0 Å². The van der Waals surface area contributed by atoms with Crippen molar-refractivity contribution in [1.82, 2.24) is 20.4 Å². The molecule has 0 aliphatic heterocycles. The number of nitrogens with zero attached hydrogens (tertiary/aromatic N) is 3. The Balaban J connectivity index is 3.89. The first-order valence-corrected chi connectivity index (χ1v) is 8.02. The number of aliphatic imine (C=N–C) groups is 1. The highest BCUT2D eigenvalue weighted by Crippen LogP contribution is 1.87. The molecule has 126 valence electrons. The van der Waals surface area contributed by atoms with Crippen LogP contribution in [0.1, 0.15) is 20.3 Å². The second-order valence-electron chi connectivity index (χ2n) is 5.23. The lowest BCUT2D eigenvalue weighted by Gasteiger charge is -2.18. The summed E-state index contributed by atoms with van der Waals surface area (Å²) in [7, 11) is 6.00. The summed E-state index contributed by atoms with van der Waals surface area (Å²) in [5.74, 6) is 0.910. The molecule has 0 spiro atoms. The molecule has 0 heterocycles. The second-order valence-corrected chi connectivity index (χ2v) is 5.23. The van der Waals surface area contributed by atoms with Gasteiger partial charge >= 0.3 is 0 Å². The van der Waals surface area contributed by atoms with E-state index in [0.717, 1.165) is 64.8 Å². The van der Waals surface area contributed by atoms with Gasteiger partial charge in [-0.15, -0.1) is 0 Å². The highest BCUT2D eigenvalue weighted by atomic mass is 16.5. The quantitative estimate of drug-likeness (QED) is 0.312. The van der Waals surface area contributed by atoms with Gasteiger partial charge in [0.15, 0.2) is 5.96 Å². The summed E-state index contributed by atoms with van der Waals surface area (Å²) in [6.07, 6.45) is 1.07. The summed E-state index contributed by atoms with van der Waals surface area (Å²) < 4.78 is 5.06. The molecule has 0 amide bonds. The smallest absolute Gasteiger partial charge is 0.191 e. The van der Waals surface area contributed by atoms with Gasteiger partial charge in [0.2, 0.25) is 0 Å². The first-order chi connectivity index (χ1) is 10.1. The van der Waals surface area contributed by atoms with Crippen LogP contribution in [0.3, 0.4) is 0 Å². The third-order valence-corrected chi connectivity index (χ3v) is 3.31. The zero-order chi connectivity index (χ0) is 15.9. The zero-order valence-electron chi connectivity index (χ0n) is 14.6. The molecule has 0 aliphatic rings. The van der Waals surface area contributed by atoms with Crippen molar-refractivity contribution >= 4 is 5.96 Å². The molecule has 0 radical (unpaired) electrons. The van der Waals surface area contributed by atoms with Crippen molar-refractivity contribution in [3.05, 3.63) is 0 Å². The molecule has 0 atom stereocenters. The van der Waals surface area contributed by atoms with Crippen LogP contribution in [0.15, 0.2) is 4.99 Å². The van der Waals surface area contributed by atoms with Crippen LogP contribution in [0.25, 0.3) is 0 Å². The highest BCUT2D eigenvalue weighted by molar-refractivity contribution is 5.79. The molecule has 2 N–H and O–H groups in total. The fraction of sp³-hybridized carbons (Fsp3) is 0.933. The third kappa shape index (κ3) is 12.6. The van der Waals surface area contributed by atoms with Gasteiger partial charge in [-0.1, -0.05) is 6.92 Å². The minimum atomic E-state index is 0.823. The number of ether oxygens (including phenoxy) is 1. The standard InChI is InChI=1S/C15H35N5O/c1-6-16-15(17-9-12-19(3)7-2)18-10-13-20(4)11-8-14-21-5/h6-14H2,1-5H3,(H2,16,17,18). The summed E-state index contributed by atoms with van der Waals surface area (Å²) in [6.45, 7) is 11.8. The fourth-order valence-corrected chi connectivity index (χ4v) is 1.79. The van der Waals surface area contributed by atoms with E-state index in [4.69, 9.17) is 4.74 Å². The average Bonchev–Trinajstić information content (AvgIpc) is 2.47. The van der Waals surface area contributed by atoms with Crippen molar-refractivity contribution in [2.24, 2.45) is 4.99 Å². The number of guanidine groups is 1. The molecule has 0 saturated carbocycles. The second kappa shape index (κ2) is 14.1. The maximum atomic E-state index is 5.06. The molecule has 0 saturated heterocycles. The molecule has 6 nitrogen and oxygen atoms in total. The first-order valence-electron chi connectivity index (χ1n) is 8.02. The van der Waals surface area contributed by atoms with E-state index in [0.29, 0.717) is 0 Å². The van der Waals surface area contributed by atoms with Crippen molar-refractivity contribution < 1.29 is 4.74 Å². The molecule has 6 heteroatoms. The number of methoxy groups -OCH3 is 1. The molecule has 0 unspecified atom stereocenters. The van der Waals surface area contributed by atoms with E-state index in [1.54, 1.807) is 7.11 Å². The average molecular weight is 301 g/mol. The minimum absolute atomic E-state index is 0.823. The van der Waals surface area contributed by atoms with E-state index in [2.05, 4.69) is 53.4 Å². The largest absolute Gasteiger partial charge is 0.385 e. The lowest BCUT2D eigenvalue weighted by atomic mass is 10.4. The van der Waals surface area contributed by atoms with E-state index in [9.17, 15) is 0 Å². The van der Waals surface area contributed by atoms with Crippen LogP contribution in [0, 0.1) is 0 Å². The topological polar surface area (TPSA) is 52.1 Å². The molecular weight excluding hydrogens is 266 g/mol. The molecule has 0 bridgehead atoms. The lowest BCUT2D eigenvalue weighted by molar-refractivity contribution is 0.180. The van der Waals surface area contributed by atoms with Crippen molar-refractivity contribution in [2.45, 2.75) is 20.3 Å². The van der Waals surface area contributed by atoms with Crippen LogP contribution in [-0.2, 0) is 4.74 Å². The SMILES string of the molecule is CCNC(=NCCN(C)CC)NCCN(C)CCCOC. The number of nitrogens with one attached hydrogen (secondary N) is 2. The van der Waals surface area contributed by atoms with Crippen LogP contribution in [-0.4, -0.2) is 89.4 Å². The molecule has 0 aliphatic carbocycles. The Hall–Kier alpha value is -0.850. The molecule has 0 aromatic carbocycles. The van der Waals surface area contributed by atoms with E-state index >= 15 is 0 Å². The minimum Gasteiger partial charge on any atom is -0.385 e. The number of rotatable bonds is 12. The van der Waals surface area contributed by atoms with E-state index in [1.807, 2.05) is 0 Å². The number of hydrogen-bond acceptors (Lipinski definition) is 4. The summed E-state index contributed by atoms with van der Waals surface area (Å²) in [4.78, 5) is 9.15. The molecule has 0 fully saturated rings. The fourth-order valence-electron chi connectivity index (χ4n) is 1.79. The van der Waals surface area contributed by atoms with Gasteiger partial charge in [-0.05, 0) is 34.0 Å². The Morgan fingerprint density at radius 2 is 1.81 bits per heavy atom. The van der Waals surface area contributed by atoms with Crippen molar-refractivity contribution in [2.75, 3.05) is 73.6 Å². The predicted octanol–water partition coefficient (Wildman–Crippen LogP) is 0.462. The Bertz CT molecular complexity index is 260. The summed E-state index contributed by atoms with van der Waals surface area (Å²) in [5, 5.41) is 6.66. The molecular formula is C15H35N5O. The van der Waals surface area contributed by atoms with Gasteiger partial charge in [-0.3, -0.25) is 4.99 Å². The maximum absolute atomic E-state index is 5.06. The molecule has 0 aromatic rings. The molecule has 21 heavy (non-hydrogen) atoms. The van der Waals surface area contributed by atoms with Gasteiger partial charge < -0.3 is 25.2 Å². The van der Waals surface area contributed by atoms with Crippen LogP contribution in [0.2, 0.25) is 0 Å². The Morgan fingerprint density at radius 1 is 1.05 bits per heavy atom. The van der Waals surface area contributed by atoms with Gasteiger partial charge in [-0.25, -0.2) is 0 Å². The zero-order valence-corrected chi connectivity index (χ0v) is 14.6. The number of hydrogen-bond donors (Lipinski definition) is 2. The van der Waals surface area contributed by atoms with Crippen LogP contribution in [0.5, 0.6) is 0 Å². The predicted molar refractivity (Wildman–Crippen MR) is 91.1 cm³/mol. The van der Waals surface area contributed by atoms with E-state index < -0.39 is 0 Å². The van der Waals surface area contributed by atoms with Gasteiger partial charge in [0.25, 0.3) is 0 Å². The van der Waals surface area contributed by atoms with E-state index in [-0.39, 0.29) is 0 Å². The van der Waals surface area contributed by atoms with Crippen molar-refractivity contribution in [1.29, 1.82) is 0 Å². The lowest BCUT2D eigenvalue weighted by Crippen LogP contribution is -2.41. The van der Waals surface area contributed by atoms with Crippen LogP contribution >= 0.6 is 0 Å². The highest BCUT2D eigenvalue weighted by Gasteiger charge is 2.00. The third-order valence-electron chi connectivity index (χ3n) is 3.31. The van der Waals surface area contributed by atoms with Crippen molar-refractivity contribution in [3.63, 3.8) is 0 Å². The summed E-state index contributed by atoms with van der Waals surface area (Å²) in [6, 6.07) is 0. The normalized spacial score (nSPS) is 12.2. The molecule has 0 rings (SSSR count). The Labute approximate surface area is 130 Å². The Kier molecular flexibility index (Phi) is 13.5. The van der Waals surface area contributed by atoms with Crippen LogP contribution in [0.4, 0.5) is 0 Å². The van der Waals surface area contributed by atoms with Crippen molar-refractivity contribution in [3.8, 4) is 0 Å². The van der Waals surface area contributed by atoms with E-state index in [1.165, 1.54) is 0 Å². The van der Waals surface area contributed by atoms with Gasteiger partial charge in [0.1, 0.15) is 0 Å². The van der Waals surface area contributed by atoms with Gasteiger partial charge in [0.05, 0.1) is 6.54 Å². The molecule has 0 aromatic heterocycles. The summed E-state index contributed by atoms with van der Waals surface area (Å²) in [5.41, 5.74) is 0. The monoisotopic (exact) mass is 301 g/mol. The van der Waals surface area contributed by atoms with Crippen LogP contribution < -0.4 is 10.6 Å². The maximum Gasteiger partial charge on any atom is 0.191 e. The number of likely N-dealkylation sites (N-methyl/N-ethyl adjacent to an activating group) is 2. The van der Waals surface area contributed by atoms with Gasteiger partial charge in [0, 0.05) is 46.4 Å². The summed E-state index contributed by atoms with van der Waals surface area (Å²) >= 11 is 0. The Morgan fingerprint density at radius 3 is 2.43 bits per heavy atom.